The maximum Gasteiger partial charge on any atom is 0.244 e. The minimum absolute atomic E-state index is 0.132. The predicted molar refractivity (Wildman–Crippen MR) is 116 cm³/mol. The van der Waals surface area contributed by atoms with E-state index < -0.39 is 10.0 Å². The lowest BCUT2D eigenvalue weighted by molar-refractivity contribution is -0.118. The average molecular weight is 451 g/mol. The highest BCUT2D eigenvalue weighted by molar-refractivity contribution is 7.99. The van der Waals surface area contributed by atoms with Gasteiger partial charge >= 0.3 is 0 Å². The number of nitrogens with one attached hydrogen (secondary N) is 1. The number of para-hydroxylation sites is 1. The number of piperazine rings is 1. The lowest BCUT2D eigenvalue weighted by Crippen LogP contribution is -2.47. The molecule has 1 aromatic heterocycles. The zero-order chi connectivity index (χ0) is 21.4. The van der Waals surface area contributed by atoms with Crippen LogP contribution in [0.25, 0.3) is 0 Å². The highest BCUT2D eigenvalue weighted by Crippen LogP contribution is 2.20. The predicted octanol–water partition coefficient (Wildman–Crippen LogP) is 1.30. The molecule has 1 fully saturated rings. The topological polar surface area (TPSA) is 91.8 Å². The van der Waals surface area contributed by atoms with Crippen LogP contribution < -0.4 is 10.1 Å². The molecule has 0 radical (unpaired) electrons. The van der Waals surface area contributed by atoms with Crippen LogP contribution in [0.4, 0.5) is 0 Å². The van der Waals surface area contributed by atoms with Crippen molar-refractivity contribution in [1.82, 2.24) is 19.5 Å². The summed E-state index contributed by atoms with van der Waals surface area (Å²) in [6.07, 6.45) is 1.36. The highest BCUT2D eigenvalue weighted by atomic mass is 32.2. The number of ether oxygens (including phenoxy) is 1. The van der Waals surface area contributed by atoms with E-state index in [2.05, 4.69) is 15.2 Å². The molecule has 0 aliphatic carbocycles. The van der Waals surface area contributed by atoms with E-state index in [0.29, 0.717) is 44.4 Å². The number of amides is 1. The molecule has 162 valence electrons. The van der Waals surface area contributed by atoms with Gasteiger partial charge < -0.3 is 15.0 Å². The first-order valence-corrected chi connectivity index (χ1v) is 12.1. The zero-order valence-electron chi connectivity index (χ0n) is 16.9. The molecule has 0 atom stereocenters. The van der Waals surface area contributed by atoms with Crippen LogP contribution in [-0.4, -0.2) is 80.6 Å². The summed E-state index contributed by atoms with van der Waals surface area (Å²) in [7, 11) is -1.55. The lowest BCUT2D eigenvalue weighted by Gasteiger charge is -2.31. The number of hydrogen-bond acceptors (Lipinski definition) is 7. The van der Waals surface area contributed by atoms with E-state index in [1.54, 1.807) is 12.1 Å². The molecule has 0 saturated carbocycles. The number of thioether (sulfide) groups is 1. The quantitative estimate of drug-likeness (QED) is 0.455. The molecule has 0 spiro atoms. The summed E-state index contributed by atoms with van der Waals surface area (Å²) in [6, 6.07) is 12.6. The summed E-state index contributed by atoms with van der Waals surface area (Å²) >= 11 is 1.26. The molecule has 30 heavy (non-hydrogen) atoms. The summed E-state index contributed by atoms with van der Waals surface area (Å²) in [4.78, 5) is 18.4. The Kier molecular flexibility index (Phi) is 8.08. The van der Waals surface area contributed by atoms with Gasteiger partial charge in [0.2, 0.25) is 15.9 Å². The Balaban J connectivity index is 1.41. The van der Waals surface area contributed by atoms with Crippen LogP contribution in [0.5, 0.6) is 5.75 Å². The first-order valence-electron chi connectivity index (χ1n) is 9.67. The van der Waals surface area contributed by atoms with Crippen LogP contribution in [0.3, 0.4) is 0 Å². The molecule has 2 aromatic rings. The van der Waals surface area contributed by atoms with Gasteiger partial charge in [0.25, 0.3) is 0 Å². The van der Waals surface area contributed by atoms with E-state index in [-0.39, 0.29) is 16.6 Å². The van der Waals surface area contributed by atoms with Gasteiger partial charge in [-0.1, -0.05) is 30.0 Å². The summed E-state index contributed by atoms with van der Waals surface area (Å²) in [5.41, 5.74) is 0. The third kappa shape index (κ3) is 6.43. The van der Waals surface area contributed by atoms with Crippen molar-refractivity contribution in [1.29, 1.82) is 0 Å². The number of likely N-dealkylation sites (N-methyl/N-ethyl adjacent to an activating group) is 1. The third-order valence-electron chi connectivity index (χ3n) is 4.60. The van der Waals surface area contributed by atoms with Gasteiger partial charge in [0.1, 0.15) is 17.3 Å². The molecule has 1 amide bonds. The number of benzene rings is 1. The van der Waals surface area contributed by atoms with E-state index >= 15 is 0 Å². The minimum Gasteiger partial charge on any atom is -0.492 e. The van der Waals surface area contributed by atoms with Gasteiger partial charge in [-0.25, -0.2) is 13.4 Å². The first-order chi connectivity index (χ1) is 14.4. The molecule has 2 heterocycles. The second-order valence-corrected chi connectivity index (χ2v) is 9.77. The molecule has 8 nitrogen and oxygen atoms in total. The van der Waals surface area contributed by atoms with Gasteiger partial charge in [-0.2, -0.15) is 4.31 Å². The monoisotopic (exact) mass is 450 g/mol. The Hall–Kier alpha value is -2.14. The van der Waals surface area contributed by atoms with Crippen LogP contribution in [0.2, 0.25) is 0 Å². The van der Waals surface area contributed by atoms with Crippen LogP contribution >= 0.6 is 11.8 Å². The Morgan fingerprint density at radius 3 is 2.53 bits per heavy atom. The number of carbonyl (C=O) groups is 1. The normalized spacial score (nSPS) is 15.6. The van der Waals surface area contributed by atoms with Crippen molar-refractivity contribution in [2.75, 3.05) is 52.1 Å². The molecule has 1 saturated heterocycles. The molecular formula is C20H26N4O4S2. The number of aromatic nitrogens is 1. The van der Waals surface area contributed by atoms with Crippen LogP contribution in [0.15, 0.2) is 58.6 Å². The minimum atomic E-state index is -3.53. The fourth-order valence-electron chi connectivity index (χ4n) is 2.85. The van der Waals surface area contributed by atoms with E-state index in [4.69, 9.17) is 4.74 Å². The zero-order valence-corrected chi connectivity index (χ0v) is 18.5. The molecule has 1 aliphatic rings. The maximum atomic E-state index is 12.7. The van der Waals surface area contributed by atoms with Gasteiger partial charge in [0.05, 0.1) is 17.3 Å². The average Bonchev–Trinajstić information content (AvgIpc) is 2.76. The largest absolute Gasteiger partial charge is 0.492 e. The summed E-state index contributed by atoms with van der Waals surface area (Å²) in [5.74, 6) is 0.827. The molecular weight excluding hydrogens is 424 g/mol. The number of hydrogen-bond donors (Lipinski definition) is 1. The molecule has 0 unspecified atom stereocenters. The van der Waals surface area contributed by atoms with E-state index in [1.807, 2.05) is 37.4 Å². The van der Waals surface area contributed by atoms with Gasteiger partial charge in [-0.15, -0.1) is 0 Å². The Bertz CT molecular complexity index is 916. The van der Waals surface area contributed by atoms with E-state index in [1.165, 1.54) is 22.3 Å². The Labute approximate surface area is 181 Å². The smallest absolute Gasteiger partial charge is 0.244 e. The van der Waals surface area contributed by atoms with E-state index in [9.17, 15) is 13.2 Å². The molecule has 1 aromatic carbocycles. The number of sulfonamides is 1. The standard InChI is InChI=1S/C20H26N4O4S2/c1-23-10-12-24(13-11-23)30(26,27)18-7-8-20(22-15-18)29-16-19(25)21-9-14-28-17-5-3-2-4-6-17/h2-8,15H,9-14,16H2,1H3,(H,21,25). The molecule has 1 aliphatic heterocycles. The van der Waals surface area contributed by atoms with Crippen molar-refractivity contribution in [3.8, 4) is 5.75 Å². The summed E-state index contributed by atoms with van der Waals surface area (Å²) in [5, 5.41) is 3.39. The molecule has 0 bridgehead atoms. The number of rotatable bonds is 9. The fraction of sp³-hybridized carbons (Fsp3) is 0.400. The van der Waals surface area contributed by atoms with Crippen LogP contribution in [0, 0.1) is 0 Å². The second-order valence-electron chi connectivity index (χ2n) is 6.84. The SMILES string of the molecule is CN1CCN(S(=O)(=O)c2ccc(SCC(=O)NCCOc3ccccc3)nc2)CC1. The Morgan fingerprint density at radius 2 is 1.87 bits per heavy atom. The van der Waals surface area contributed by atoms with Crippen molar-refractivity contribution >= 4 is 27.7 Å². The van der Waals surface area contributed by atoms with Gasteiger partial charge in [0, 0.05) is 32.4 Å². The molecule has 3 rings (SSSR count). The van der Waals surface area contributed by atoms with Crippen molar-refractivity contribution in [3.63, 3.8) is 0 Å². The summed E-state index contributed by atoms with van der Waals surface area (Å²) in [6.45, 7) is 3.17. The van der Waals surface area contributed by atoms with Crippen molar-refractivity contribution < 1.29 is 17.9 Å². The van der Waals surface area contributed by atoms with Crippen molar-refractivity contribution in [2.45, 2.75) is 9.92 Å². The summed E-state index contributed by atoms with van der Waals surface area (Å²) < 4.78 is 32.4. The molecule has 1 N–H and O–H groups in total. The fourth-order valence-corrected chi connectivity index (χ4v) is 4.89. The van der Waals surface area contributed by atoms with Gasteiger partial charge in [0.15, 0.2) is 0 Å². The van der Waals surface area contributed by atoms with Crippen LogP contribution in [0.1, 0.15) is 0 Å². The number of nitrogens with zero attached hydrogens (tertiary/aromatic N) is 3. The third-order valence-corrected chi connectivity index (χ3v) is 7.42. The van der Waals surface area contributed by atoms with Crippen LogP contribution in [-0.2, 0) is 14.8 Å². The number of pyridine rings is 1. The van der Waals surface area contributed by atoms with Gasteiger partial charge in [-0.3, -0.25) is 4.79 Å². The van der Waals surface area contributed by atoms with Crippen molar-refractivity contribution in [2.24, 2.45) is 0 Å². The number of carbonyl (C=O) groups excluding carboxylic acids is 1. The first kappa shape index (κ1) is 22.5. The van der Waals surface area contributed by atoms with Gasteiger partial charge in [-0.05, 0) is 31.3 Å². The van der Waals surface area contributed by atoms with Crippen molar-refractivity contribution in [3.05, 3.63) is 48.7 Å². The second kappa shape index (κ2) is 10.8. The Morgan fingerprint density at radius 1 is 1.13 bits per heavy atom. The lowest BCUT2D eigenvalue weighted by atomic mass is 10.3. The maximum absolute atomic E-state index is 12.7. The highest BCUT2D eigenvalue weighted by Gasteiger charge is 2.27. The van der Waals surface area contributed by atoms with E-state index in [0.717, 1.165) is 5.75 Å². The molecule has 10 heteroatoms.